The highest BCUT2D eigenvalue weighted by Gasteiger charge is 2.48. The van der Waals surface area contributed by atoms with E-state index in [9.17, 15) is 23.1 Å². The molecule has 1 aliphatic rings. The Bertz CT molecular complexity index is 804. The molecular weight excluding hydrogens is 356 g/mol. The maximum atomic E-state index is 12.8. The normalized spacial score (nSPS) is 20.8. The van der Waals surface area contributed by atoms with Gasteiger partial charge in [0.15, 0.2) is 0 Å². The molecule has 1 atom stereocenters. The zero-order chi connectivity index (χ0) is 19.7. The first kappa shape index (κ1) is 20.4. The highest BCUT2D eigenvalue weighted by atomic mass is 32.2. The number of benzene rings is 1. The zero-order valence-corrected chi connectivity index (χ0v) is 16.3. The van der Waals surface area contributed by atoms with Crippen LogP contribution in [0.25, 0.3) is 0 Å². The van der Waals surface area contributed by atoms with Crippen LogP contribution in [0.5, 0.6) is 0 Å². The number of hydrogen-bond donors (Lipinski definition) is 2. The molecule has 1 unspecified atom stereocenters. The fraction of sp³-hybridized carbons (Fsp3) is 0.556. The van der Waals surface area contributed by atoms with Crippen LogP contribution in [-0.4, -0.2) is 49.4 Å². The summed E-state index contributed by atoms with van der Waals surface area (Å²) >= 11 is 0. The molecule has 8 heteroatoms. The fourth-order valence-electron chi connectivity index (χ4n) is 3.26. The van der Waals surface area contributed by atoms with E-state index in [-0.39, 0.29) is 34.9 Å². The molecule has 0 spiro atoms. The number of carboxylic acids is 1. The Morgan fingerprint density at radius 3 is 2.38 bits per heavy atom. The lowest BCUT2D eigenvalue weighted by Crippen LogP contribution is -2.40. The summed E-state index contributed by atoms with van der Waals surface area (Å²) < 4.78 is 27.1. The number of carbonyl (C=O) groups is 2. The molecule has 1 fully saturated rings. The van der Waals surface area contributed by atoms with Crippen molar-refractivity contribution in [1.29, 1.82) is 0 Å². The van der Waals surface area contributed by atoms with Gasteiger partial charge in [0.25, 0.3) is 5.91 Å². The zero-order valence-electron chi connectivity index (χ0n) is 15.5. The van der Waals surface area contributed by atoms with E-state index in [1.807, 2.05) is 13.8 Å². The molecule has 0 aliphatic carbocycles. The van der Waals surface area contributed by atoms with Gasteiger partial charge in [-0.15, -0.1) is 0 Å². The largest absolute Gasteiger partial charge is 0.481 e. The highest BCUT2D eigenvalue weighted by Crippen LogP contribution is 2.38. The van der Waals surface area contributed by atoms with E-state index in [1.165, 1.54) is 23.1 Å². The van der Waals surface area contributed by atoms with Gasteiger partial charge in [-0.05, 0) is 44.4 Å². The first-order valence-corrected chi connectivity index (χ1v) is 10.1. The number of sulfonamides is 1. The molecule has 0 bridgehead atoms. The number of rotatable bonds is 6. The van der Waals surface area contributed by atoms with Crippen LogP contribution >= 0.6 is 0 Å². The number of likely N-dealkylation sites (tertiary alicyclic amines) is 1. The van der Waals surface area contributed by atoms with Gasteiger partial charge in [0.2, 0.25) is 10.0 Å². The number of hydrogen-bond acceptors (Lipinski definition) is 4. The Kier molecular flexibility index (Phi) is 5.77. The number of amides is 1. The van der Waals surface area contributed by atoms with Crippen molar-refractivity contribution >= 4 is 21.9 Å². The molecule has 1 saturated heterocycles. The van der Waals surface area contributed by atoms with Gasteiger partial charge in [0.05, 0.1) is 10.3 Å². The summed E-state index contributed by atoms with van der Waals surface area (Å²) in [4.78, 5) is 26.0. The van der Waals surface area contributed by atoms with Gasteiger partial charge in [-0.3, -0.25) is 9.59 Å². The van der Waals surface area contributed by atoms with Crippen LogP contribution in [0.15, 0.2) is 29.2 Å². The fourth-order valence-corrected chi connectivity index (χ4v) is 4.55. The summed E-state index contributed by atoms with van der Waals surface area (Å²) in [6.07, 6.45) is 0.388. The average molecular weight is 382 g/mol. The minimum atomic E-state index is -3.70. The minimum Gasteiger partial charge on any atom is -0.481 e. The van der Waals surface area contributed by atoms with Crippen molar-refractivity contribution in [2.75, 3.05) is 13.1 Å². The van der Waals surface area contributed by atoms with Crippen LogP contribution in [0.4, 0.5) is 0 Å². The topological polar surface area (TPSA) is 104 Å². The van der Waals surface area contributed by atoms with Crippen molar-refractivity contribution < 1.29 is 23.1 Å². The molecule has 0 saturated carbocycles. The predicted molar refractivity (Wildman–Crippen MR) is 97.3 cm³/mol. The van der Waals surface area contributed by atoms with E-state index in [2.05, 4.69) is 4.72 Å². The second kappa shape index (κ2) is 7.36. The van der Waals surface area contributed by atoms with Gasteiger partial charge in [0.1, 0.15) is 0 Å². The van der Waals surface area contributed by atoms with Gasteiger partial charge in [-0.1, -0.05) is 19.9 Å². The van der Waals surface area contributed by atoms with E-state index < -0.39 is 21.4 Å². The van der Waals surface area contributed by atoms with Crippen molar-refractivity contribution in [2.45, 2.75) is 45.1 Å². The summed E-state index contributed by atoms with van der Waals surface area (Å²) in [7, 11) is -3.70. The van der Waals surface area contributed by atoms with E-state index in [0.29, 0.717) is 13.0 Å². The molecule has 0 aromatic heterocycles. The summed E-state index contributed by atoms with van der Waals surface area (Å²) in [6.45, 7) is 7.58. The van der Waals surface area contributed by atoms with E-state index in [1.54, 1.807) is 19.9 Å². The quantitative estimate of drug-likeness (QED) is 0.783. The number of aliphatic carboxylic acids is 1. The third-order valence-corrected chi connectivity index (χ3v) is 6.56. The third-order valence-electron chi connectivity index (χ3n) is 4.90. The van der Waals surface area contributed by atoms with Crippen molar-refractivity contribution in [1.82, 2.24) is 9.62 Å². The molecule has 144 valence electrons. The molecule has 1 amide bonds. The van der Waals surface area contributed by atoms with Crippen LogP contribution in [0.3, 0.4) is 0 Å². The second-order valence-electron chi connectivity index (χ2n) is 7.40. The van der Waals surface area contributed by atoms with Crippen LogP contribution in [0, 0.1) is 11.3 Å². The van der Waals surface area contributed by atoms with Gasteiger partial charge in [-0.2, -0.15) is 0 Å². The van der Waals surface area contributed by atoms with Crippen LogP contribution in [-0.2, 0) is 14.8 Å². The first-order chi connectivity index (χ1) is 12.0. The summed E-state index contributed by atoms with van der Waals surface area (Å²) in [5.41, 5.74) is -0.722. The molecule has 0 radical (unpaired) electrons. The first-order valence-electron chi connectivity index (χ1n) is 8.64. The molecule has 2 N–H and O–H groups in total. The molecule has 1 aromatic rings. The molecular formula is C18H26N2O5S. The number of nitrogens with one attached hydrogen (secondary N) is 1. The summed E-state index contributed by atoms with van der Waals surface area (Å²) in [5.74, 6) is -1.37. The van der Waals surface area contributed by atoms with Crippen molar-refractivity contribution in [3.63, 3.8) is 0 Å². The lowest BCUT2D eigenvalue weighted by Gasteiger charge is -2.28. The Hall–Kier alpha value is -1.93. The number of nitrogens with zero attached hydrogens (tertiary/aromatic N) is 1. The van der Waals surface area contributed by atoms with Gasteiger partial charge in [-0.25, -0.2) is 13.1 Å². The van der Waals surface area contributed by atoms with E-state index in [4.69, 9.17) is 0 Å². The molecule has 2 rings (SSSR count). The third kappa shape index (κ3) is 3.91. The Morgan fingerprint density at radius 2 is 1.88 bits per heavy atom. The lowest BCUT2D eigenvalue weighted by molar-refractivity contribution is -0.150. The molecule has 26 heavy (non-hydrogen) atoms. The average Bonchev–Trinajstić information content (AvgIpc) is 3.00. The van der Waals surface area contributed by atoms with E-state index >= 15 is 0 Å². The van der Waals surface area contributed by atoms with E-state index in [0.717, 1.165) is 0 Å². The maximum absolute atomic E-state index is 12.8. The molecule has 1 heterocycles. The number of carboxylic acid groups (broad SMARTS) is 1. The maximum Gasteiger partial charge on any atom is 0.311 e. The standard InChI is InChI=1S/C18H26N2O5S/c1-12(2)18(17(22)23)8-9-20(11-18)16(21)14-6-5-7-15(10-14)26(24,25)19-13(3)4/h5-7,10,12-13,19H,8-9,11H2,1-4H3,(H,22,23). The van der Waals surface area contributed by atoms with Crippen molar-refractivity contribution in [3.05, 3.63) is 29.8 Å². The van der Waals surface area contributed by atoms with Crippen molar-refractivity contribution in [3.8, 4) is 0 Å². The second-order valence-corrected chi connectivity index (χ2v) is 9.11. The lowest BCUT2D eigenvalue weighted by atomic mass is 9.76. The molecule has 7 nitrogen and oxygen atoms in total. The van der Waals surface area contributed by atoms with Crippen LogP contribution < -0.4 is 4.72 Å². The number of carbonyl (C=O) groups excluding carboxylic acids is 1. The Balaban J connectivity index is 2.27. The monoisotopic (exact) mass is 382 g/mol. The Morgan fingerprint density at radius 1 is 1.23 bits per heavy atom. The van der Waals surface area contributed by atoms with Gasteiger partial charge >= 0.3 is 5.97 Å². The predicted octanol–water partition coefficient (Wildman–Crippen LogP) is 1.95. The summed E-state index contributed by atoms with van der Waals surface area (Å²) in [6, 6.07) is 5.57. The van der Waals surface area contributed by atoms with Gasteiger partial charge in [0, 0.05) is 24.7 Å². The van der Waals surface area contributed by atoms with Crippen LogP contribution in [0.1, 0.15) is 44.5 Å². The van der Waals surface area contributed by atoms with Crippen LogP contribution in [0.2, 0.25) is 0 Å². The van der Waals surface area contributed by atoms with Crippen molar-refractivity contribution in [2.24, 2.45) is 11.3 Å². The van der Waals surface area contributed by atoms with Gasteiger partial charge < -0.3 is 10.0 Å². The smallest absolute Gasteiger partial charge is 0.311 e. The molecule has 1 aliphatic heterocycles. The summed E-state index contributed by atoms with van der Waals surface area (Å²) in [5, 5.41) is 9.61. The highest BCUT2D eigenvalue weighted by molar-refractivity contribution is 7.89. The minimum absolute atomic E-state index is 0.0182. The molecule has 1 aromatic carbocycles. The Labute approximate surface area is 154 Å². The SMILES string of the molecule is CC(C)NS(=O)(=O)c1cccc(C(=O)N2CCC(C(=O)O)(C(C)C)C2)c1.